The number of benzene rings is 3. The molecule has 0 atom stereocenters. The molecule has 0 saturated heterocycles. The number of anilines is 1. The lowest BCUT2D eigenvalue weighted by Crippen LogP contribution is -2.20. The number of hydrogen-bond donors (Lipinski definition) is 1. The number of carbonyl (C=O) groups is 1. The zero-order valence-corrected chi connectivity index (χ0v) is 20.8. The van der Waals surface area contributed by atoms with Crippen LogP contribution in [0.1, 0.15) is 23.8 Å². The summed E-state index contributed by atoms with van der Waals surface area (Å²) in [6.45, 7) is 5.45. The SMILES string of the molecule is CCOc1ccc(NC(=O)COc2ccc3c(=O)c(Oc4cc(C)cc(C)c4)c(C(F)(F)F)oc3c2)cc1. The van der Waals surface area contributed by atoms with Crippen LogP contribution >= 0.6 is 0 Å². The van der Waals surface area contributed by atoms with Gasteiger partial charge in [-0.3, -0.25) is 9.59 Å². The minimum atomic E-state index is -5.00. The molecule has 1 N–H and O–H groups in total. The Bertz CT molecular complexity index is 1510. The van der Waals surface area contributed by atoms with E-state index in [0.29, 0.717) is 18.0 Å². The quantitative estimate of drug-likeness (QED) is 0.277. The van der Waals surface area contributed by atoms with Crippen molar-refractivity contribution in [1.82, 2.24) is 0 Å². The Labute approximate surface area is 215 Å². The molecule has 4 aromatic rings. The summed E-state index contributed by atoms with van der Waals surface area (Å²) < 4.78 is 62.8. The Hall–Kier alpha value is -4.47. The summed E-state index contributed by atoms with van der Waals surface area (Å²) in [5.41, 5.74) is 0.675. The summed E-state index contributed by atoms with van der Waals surface area (Å²) in [5, 5.41) is 2.50. The number of fused-ring (bicyclic) bond motifs is 1. The van der Waals surface area contributed by atoms with E-state index in [-0.39, 0.29) is 22.5 Å². The Morgan fingerprint density at radius 2 is 1.55 bits per heavy atom. The van der Waals surface area contributed by atoms with Crippen LogP contribution in [0.15, 0.2) is 69.9 Å². The van der Waals surface area contributed by atoms with Gasteiger partial charge in [0, 0.05) is 11.8 Å². The standard InChI is InChI=1S/C28H24F3NO6/c1-4-35-19-7-5-18(6-8-19)32-24(33)15-36-20-9-10-22-23(14-20)38-27(28(29,30)31)26(25(22)34)37-21-12-16(2)11-17(3)13-21/h5-14H,4,15H2,1-3H3,(H,32,33). The first-order valence-electron chi connectivity index (χ1n) is 11.6. The van der Waals surface area contributed by atoms with Crippen molar-refractivity contribution < 1.29 is 36.6 Å². The predicted molar refractivity (Wildman–Crippen MR) is 135 cm³/mol. The van der Waals surface area contributed by atoms with Crippen molar-refractivity contribution >= 4 is 22.6 Å². The molecule has 1 aromatic heterocycles. The number of hydrogen-bond acceptors (Lipinski definition) is 6. The van der Waals surface area contributed by atoms with E-state index in [1.54, 1.807) is 38.1 Å². The van der Waals surface area contributed by atoms with E-state index in [2.05, 4.69) is 5.32 Å². The molecule has 0 spiro atoms. The number of carbonyl (C=O) groups excluding carboxylic acids is 1. The summed E-state index contributed by atoms with van der Waals surface area (Å²) in [5.74, 6) is -2.25. The monoisotopic (exact) mass is 527 g/mol. The van der Waals surface area contributed by atoms with Crippen LogP contribution in [-0.4, -0.2) is 19.1 Å². The maximum atomic E-state index is 13.8. The maximum Gasteiger partial charge on any atom is 0.453 e. The summed E-state index contributed by atoms with van der Waals surface area (Å²) >= 11 is 0. The lowest BCUT2D eigenvalue weighted by molar-refractivity contribution is -0.154. The largest absolute Gasteiger partial charge is 0.494 e. The van der Waals surface area contributed by atoms with Gasteiger partial charge >= 0.3 is 6.18 Å². The Morgan fingerprint density at radius 3 is 2.18 bits per heavy atom. The predicted octanol–water partition coefficient (Wildman–Crippen LogP) is 6.64. The van der Waals surface area contributed by atoms with Gasteiger partial charge in [0.25, 0.3) is 11.7 Å². The average molecular weight is 527 g/mol. The van der Waals surface area contributed by atoms with Gasteiger partial charge in [0.15, 0.2) is 6.61 Å². The maximum absolute atomic E-state index is 13.8. The molecular formula is C28H24F3NO6. The van der Waals surface area contributed by atoms with Crippen molar-refractivity contribution in [3.05, 3.63) is 87.8 Å². The molecule has 1 amide bonds. The van der Waals surface area contributed by atoms with Gasteiger partial charge in [0.1, 0.15) is 22.8 Å². The number of nitrogens with one attached hydrogen (secondary N) is 1. The van der Waals surface area contributed by atoms with Gasteiger partial charge < -0.3 is 23.9 Å². The summed E-state index contributed by atoms with van der Waals surface area (Å²) in [4.78, 5) is 25.3. The molecular weight excluding hydrogens is 503 g/mol. The molecule has 0 saturated carbocycles. The molecule has 1 heterocycles. The lowest BCUT2D eigenvalue weighted by Gasteiger charge is -2.14. The molecule has 0 fully saturated rings. The van der Waals surface area contributed by atoms with Gasteiger partial charge in [0.2, 0.25) is 11.2 Å². The Morgan fingerprint density at radius 1 is 0.895 bits per heavy atom. The molecule has 198 valence electrons. The summed E-state index contributed by atoms with van der Waals surface area (Å²) in [6, 6.07) is 15.3. The molecule has 0 unspecified atom stereocenters. The highest BCUT2D eigenvalue weighted by Gasteiger charge is 2.40. The van der Waals surface area contributed by atoms with Crippen LogP contribution in [0.4, 0.5) is 18.9 Å². The Kier molecular flexibility index (Phi) is 7.61. The van der Waals surface area contributed by atoms with Crippen molar-refractivity contribution in [2.45, 2.75) is 26.9 Å². The van der Waals surface area contributed by atoms with E-state index in [1.165, 1.54) is 24.3 Å². The van der Waals surface area contributed by atoms with Crippen LogP contribution in [0.2, 0.25) is 0 Å². The van der Waals surface area contributed by atoms with Crippen molar-refractivity contribution in [2.24, 2.45) is 0 Å². The van der Waals surface area contributed by atoms with Crippen molar-refractivity contribution in [1.29, 1.82) is 0 Å². The highest BCUT2D eigenvalue weighted by Crippen LogP contribution is 2.39. The number of rotatable bonds is 8. The van der Waals surface area contributed by atoms with Crippen LogP contribution in [-0.2, 0) is 11.0 Å². The second-order valence-electron chi connectivity index (χ2n) is 8.46. The van der Waals surface area contributed by atoms with Gasteiger partial charge in [-0.15, -0.1) is 0 Å². The Balaban J connectivity index is 1.56. The molecule has 4 rings (SSSR count). The van der Waals surface area contributed by atoms with Crippen LogP contribution < -0.4 is 25.0 Å². The molecule has 7 nitrogen and oxygen atoms in total. The number of ether oxygens (including phenoxy) is 3. The van der Waals surface area contributed by atoms with Gasteiger partial charge in [0.05, 0.1) is 12.0 Å². The number of halogens is 3. The number of amides is 1. The van der Waals surface area contributed by atoms with Gasteiger partial charge in [-0.05, 0) is 80.4 Å². The molecule has 10 heteroatoms. The molecule has 3 aromatic carbocycles. The third kappa shape index (κ3) is 6.26. The fourth-order valence-corrected chi connectivity index (χ4v) is 3.78. The normalized spacial score (nSPS) is 11.3. The van der Waals surface area contributed by atoms with Crippen LogP contribution in [0, 0.1) is 13.8 Å². The van der Waals surface area contributed by atoms with E-state index in [1.807, 2.05) is 13.0 Å². The molecule has 0 bridgehead atoms. The smallest absolute Gasteiger partial charge is 0.453 e. The van der Waals surface area contributed by atoms with Gasteiger partial charge in [-0.25, -0.2) is 0 Å². The third-order valence-electron chi connectivity index (χ3n) is 5.31. The van der Waals surface area contributed by atoms with Crippen LogP contribution in [0.3, 0.4) is 0 Å². The molecule has 0 aliphatic heterocycles. The highest BCUT2D eigenvalue weighted by atomic mass is 19.4. The number of alkyl halides is 3. The lowest BCUT2D eigenvalue weighted by atomic mass is 10.1. The van der Waals surface area contributed by atoms with Gasteiger partial charge in [-0.1, -0.05) is 6.07 Å². The van der Waals surface area contributed by atoms with Crippen LogP contribution in [0.5, 0.6) is 23.0 Å². The zero-order chi connectivity index (χ0) is 27.4. The minimum Gasteiger partial charge on any atom is -0.494 e. The zero-order valence-electron chi connectivity index (χ0n) is 20.8. The summed E-state index contributed by atoms with van der Waals surface area (Å²) in [6.07, 6.45) is -5.00. The van der Waals surface area contributed by atoms with E-state index in [4.69, 9.17) is 18.6 Å². The fraction of sp³-hybridized carbons (Fsp3) is 0.214. The topological polar surface area (TPSA) is 87.0 Å². The van der Waals surface area contributed by atoms with Crippen LogP contribution in [0.25, 0.3) is 11.0 Å². The number of aryl methyl sites for hydroxylation is 2. The van der Waals surface area contributed by atoms with Crippen molar-refractivity contribution in [3.63, 3.8) is 0 Å². The fourth-order valence-electron chi connectivity index (χ4n) is 3.78. The molecule has 0 radical (unpaired) electrons. The highest BCUT2D eigenvalue weighted by molar-refractivity contribution is 5.92. The van der Waals surface area contributed by atoms with Crippen molar-refractivity contribution in [3.8, 4) is 23.0 Å². The first-order valence-corrected chi connectivity index (χ1v) is 11.6. The second-order valence-corrected chi connectivity index (χ2v) is 8.46. The van der Waals surface area contributed by atoms with E-state index in [0.717, 1.165) is 17.2 Å². The van der Waals surface area contributed by atoms with E-state index in [9.17, 15) is 22.8 Å². The molecule has 0 aliphatic rings. The minimum absolute atomic E-state index is 0.0404. The molecule has 38 heavy (non-hydrogen) atoms. The second kappa shape index (κ2) is 10.9. The first kappa shape index (κ1) is 26.6. The summed E-state index contributed by atoms with van der Waals surface area (Å²) in [7, 11) is 0. The first-order chi connectivity index (χ1) is 18.0. The van der Waals surface area contributed by atoms with Gasteiger partial charge in [-0.2, -0.15) is 13.2 Å². The van der Waals surface area contributed by atoms with E-state index < -0.39 is 35.6 Å². The van der Waals surface area contributed by atoms with Crippen molar-refractivity contribution in [2.75, 3.05) is 18.5 Å². The van der Waals surface area contributed by atoms with E-state index >= 15 is 0 Å². The molecule has 0 aliphatic carbocycles. The average Bonchev–Trinajstić information content (AvgIpc) is 2.84. The third-order valence-corrected chi connectivity index (χ3v) is 5.31.